The predicted molar refractivity (Wildman–Crippen MR) is 137 cm³/mol. The summed E-state index contributed by atoms with van der Waals surface area (Å²) in [6.45, 7) is 0. The molecule has 14 heteroatoms. The fraction of sp³-hybridized carbons (Fsp3) is 0.0385. The molecule has 40 heavy (non-hydrogen) atoms. The zero-order valence-electron chi connectivity index (χ0n) is 20.2. The Labute approximate surface area is 223 Å². The van der Waals surface area contributed by atoms with Gasteiger partial charge in [0, 0.05) is 18.0 Å². The Balaban J connectivity index is 1.25. The largest absolute Gasteiger partial charge is 0.424 e. The maximum atomic E-state index is 13.5. The van der Waals surface area contributed by atoms with Gasteiger partial charge in [0.2, 0.25) is 0 Å². The van der Waals surface area contributed by atoms with E-state index < -0.39 is 23.6 Å². The number of carbonyl (C=O) groups excluding carboxylic acids is 1. The average Bonchev–Trinajstić information content (AvgIpc) is 3.46. The minimum atomic E-state index is -4.61. The number of alkyl halides is 3. The van der Waals surface area contributed by atoms with Gasteiger partial charge in [0.05, 0.1) is 41.2 Å². The molecule has 0 radical (unpaired) electrons. The predicted octanol–water partition coefficient (Wildman–Crippen LogP) is 5.90. The summed E-state index contributed by atoms with van der Waals surface area (Å²) in [5, 5.41) is 8.87. The molecule has 10 nitrogen and oxygen atoms in total. The molecule has 5 aromatic rings. The molecule has 0 fully saturated rings. The van der Waals surface area contributed by atoms with Crippen LogP contribution in [0.1, 0.15) is 5.56 Å². The second kappa shape index (κ2) is 10.7. The number of nitrogen functional groups attached to an aromatic ring is 1. The van der Waals surface area contributed by atoms with Crippen molar-refractivity contribution in [2.45, 2.75) is 6.18 Å². The summed E-state index contributed by atoms with van der Waals surface area (Å²) >= 11 is 0. The van der Waals surface area contributed by atoms with Crippen molar-refractivity contribution >= 4 is 23.2 Å². The van der Waals surface area contributed by atoms with E-state index >= 15 is 0 Å². The molecule has 0 aliphatic rings. The number of halogens is 4. The second-order valence-corrected chi connectivity index (χ2v) is 8.23. The van der Waals surface area contributed by atoms with Crippen LogP contribution in [-0.2, 0) is 6.18 Å². The van der Waals surface area contributed by atoms with Crippen LogP contribution < -0.4 is 21.1 Å². The van der Waals surface area contributed by atoms with Gasteiger partial charge in [-0.15, -0.1) is 0 Å². The Morgan fingerprint density at radius 3 is 2.38 bits per heavy atom. The van der Waals surface area contributed by atoms with E-state index in [-0.39, 0.29) is 28.9 Å². The summed E-state index contributed by atoms with van der Waals surface area (Å²) in [7, 11) is 0. The molecule has 0 aliphatic heterocycles. The van der Waals surface area contributed by atoms with Gasteiger partial charge in [0.15, 0.2) is 0 Å². The van der Waals surface area contributed by atoms with Gasteiger partial charge in [-0.1, -0.05) is 12.1 Å². The number of ether oxygens (including phenoxy) is 1. The van der Waals surface area contributed by atoms with E-state index in [0.717, 1.165) is 18.3 Å². The number of nitrogens with zero attached hydrogens (tertiary/aromatic N) is 5. The lowest BCUT2D eigenvalue weighted by Gasteiger charge is -2.15. The monoisotopic (exact) mass is 550 g/mol. The SMILES string of the molecule is Nc1ncc(F)cc1-c1ccc(Oc2ncc(NC(=O)Nc3cc(C(F)(F)F)ccc3-n3cccn3)cn2)cc1. The van der Waals surface area contributed by atoms with Crippen molar-refractivity contribution in [3.8, 4) is 28.6 Å². The molecule has 2 amide bonds. The number of hydrogen-bond acceptors (Lipinski definition) is 7. The molecule has 4 N–H and O–H groups in total. The fourth-order valence-electron chi connectivity index (χ4n) is 3.63. The summed E-state index contributed by atoms with van der Waals surface area (Å²) < 4.78 is 60.2. The van der Waals surface area contributed by atoms with Crippen molar-refractivity contribution < 1.29 is 27.1 Å². The highest BCUT2D eigenvalue weighted by Gasteiger charge is 2.31. The van der Waals surface area contributed by atoms with Crippen molar-refractivity contribution in [3.05, 3.63) is 97.0 Å². The standard InChI is InChI=1S/C26H18F4N8O2/c27-17-11-20(23(31)32-12-17)15-2-5-19(6-3-15)40-25-33-13-18(14-34-25)36-24(39)37-21-10-16(26(28,29)30)4-7-22(21)38-9-1-8-35-38/h1-14H,(H2,31,32)(H2,36,37,39). The lowest BCUT2D eigenvalue weighted by Crippen LogP contribution is -2.21. The number of pyridine rings is 1. The third-order valence-electron chi connectivity index (χ3n) is 5.47. The molecule has 0 aliphatic carbocycles. The zero-order chi connectivity index (χ0) is 28.3. The zero-order valence-corrected chi connectivity index (χ0v) is 20.2. The van der Waals surface area contributed by atoms with Crippen LogP contribution in [0.3, 0.4) is 0 Å². The van der Waals surface area contributed by atoms with Crippen molar-refractivity contribution in [2.75, 3.05) is 16.4 Å². The van der Waals surface area contributed by atoms with Crippen LogP contribution >= 0.6 is 0 Å². The quantitative estimate of drug-likeness (QED) is 0.224. The molecule has 3 heterocycles. The van der Waals surface area contributed by atoms with Crippen LogP contribution in [0, 0.1) is 5.82 Å². The van der Waals surface area contributed by atoms with Gasteiger partial charge < -0.3 is 21.1 Å². The molecule has 5 rings (SSSR count). The van der Waals surface area contributed by atoms with E-state index in [1.807, 2.05) is 0 Å². The summed E-state index contributed by atoms with van der Waals surface area (Å²) in [6, 6.07) is 11.4. The summed E-state index contributed by atoms with van der Waals surface area (Å²) in [5.41, 5.74) is 6.20. The smallest absolute Gasteiger partial charge is 0.416 e. The van der Waals surface area contributed by atoms with E-state index in [0.29, 0.717) is 16.9 Å². The lowest BCUT2D eigenvalue weighted by atomic mass is 10.1. The molecule has 202 valence electrons. The third kappa shape index (κ3) is 5.96. The second-order valence-electron chi connectivity index (χ2n) is 8.23. The first-order valence-corrected chi connectivity index (χ1v) is 11.5. The number of anilines is 3. The number of rotatable bonds is 6. The molecule has 2 aromatic carbocycles. The number of amides is 2. The Morgan fingerprint density at radius 1 is 0.950 bits per heavy atom. The number of nitrogens with one attached hydrogen (secondary N) is 2. The number of aromatic nitrogens is 5. The molecule has 0 atom stereocenters. The summed E-state index contributed by atoms with van der Waals surface area (Å²) in [5.74, 6) is 0.0329. The summed E-state index contributed by atoms with van der Waals surface area (Å²) in [4.78, 5) is 24.4. The van der Waals surface area contributed by atoms with Gasteiger partial charge in [-0.05, 0) is 48.0 Å². The molecule has 0 saturated carbocycles. The van der Waals surface area contributed by atoms with E-state index in [9.17, 15) is 22.4 Å². The van der Waals surface area contributed by atoms with Crippen molar-refractivity contribution in [1.29, 1.82) is 0 Å². The van der Waals surface area contributed by atoms with Crippen LogP contribution in [-0.4, -0.2) is 30.8 Å². The Morgan fingerprint density at radius 2 is 1.70 bits per heavy atom. The van der Waals surface area contributed by atoms with Crippen molar-refractivity contribution in [1.82, 2.24) is 24.7 Å². The summed E-state index contributed by atoms with van der Waals surface area (Å²) in [6.07, 6.45) is 1.92. The van der Waals surface area contributed by atoms with Crippen LogP contribution in [0.4, 0.5) is 39.5 Å². The highest BCUT2D eigenvalue weighted by molar-refractivity contribution is 6.00. The molecule has 0 spiro atoms. The van der Waals surface area contributed by atoms with Gasteiger partial charge in [-0.2, -0.15) is 18.3 Å². The Kier molecular flexibility index (Phi) is 6.97. The first kappa shape index (κ1) is 26.1. The van der Waals surface area contributed by atoms with Crippen LogP contribution in [0.5, 0.6) is 11.8 Å². The normalized spacial score (nSPS) is 11.2. The molecule has 0 bridgehead atoms. The first-order valence-electron chi connectivity index (χ1n) is 11.5. The van der Waals surface area contributed by atoms with E-state index in [4.69, 9.17) is 10.5 Å². The topological polar surface area (TPSA) is 133 Å². The van der Waals surface area contributed by atoms with E-state index in [1.165, 1.54) is 41.6 Å². The van der Waals surface area contributed by atoms with Gasteiger partial charge in [0.1, 0.15) is 17.4 Å². The highest BCUT2D eigenvalue weighted by atomic mass is 19.4. The molecule has 3 aromatic heterocycles. The number of nitrogens with two attached hydrogens (primary N) is 1. The van der Waals surface area contributed by atoms with Crippen LogP contribution in [0.15, 0.2) is 85.6 Å². The van der Waals surface area contributed by atoms with Gasteiger partial charge in [0.25, 0.3) is 0 Å². The minimum absolute atomic E-state index is 0.0375. The molecule has 0 saturated heterocycles. The van der Waals surface area contributed by atoms with E-state index in [1.54, 1.807) is 30.3 Å². The average molecular weight is 550 g/mol. The van der Waals surface area contributed by atoms with Crippen LogP contribution in [0.2, 0.25) is 0 Å². The Hall–Kier alpha value is -5.53. The number of urea groups is 1. The minimum Gasteiger partial charge on any atom is -0.424 e. The highest BCUT2D eigenvalue weighted by Crippen LogP contribution is 2.33. The Bertz CT molecular complexity index is 1640. The third-order valence-corrected chi connectivity index (χ3v) is 5.47. The van der Waals surface area contributed by atoms with Gasteiger partial charge in [-0.3, -0.25) is 0 Å². The van der Waals surface area contributed by atoms with Gasteiger partial charge in [-0.25, -0.2) is 28.8 Å². The maximum absolute atomic E-state index is 13.5. The lowest BCUT2D eigenvalue weighted by molar-refractivity contribution is -0.137. The maximum Gasteiger partial charge on any atom is 0.416 e. The molecule has 0 unspecified atom stereocenters. The molecular formula is C26H18F4N8O2. The van der Waals surface area contributed by atoms with E-state index in [2.05, 4.69) is 30.7 Å². The molecular weight excluding hydrogens is 532 g/mol. The number of hydrogen-bond donors (Lipinski definition) is 3. The van der Waals surface area contributed by atoms with Crippen LogP contribution in [0.25, 0.3) is 16.8 Å². The number of carbonyl (C=O) groups is 1. The fourth-order valence-corrected chi connectivity index (χ4v) is 3.63. The number of benzene rings is 2. The van der Waals surface area contributed by atoms with Crippen molar-refractivity contribution in [2.24, 2.45) is 0 Å². The first-order chi connectivity index (χ1) is 19.2. The van der Waals surface area contributed by atoms with Crippen molar-refractivity contribution in [3.63, 3.8) is 0 Å². The van der Waals surface area contributed by atoms with Gasteiger partial charge >= 0.3 is 18.2 Å².